The Hall–Kier alpha value is -1.91. The van der Waals surface area contributed by atoms with E-state index in [2.05, 4.69) is 10.6 Å². The van der Waals surface area contributed by atoms with E-state index < -0.39 is 0 Å². The second-order valence-corrected chi connectivity index (χ2v) is 3.61. The third-order valence-corrected chi connectivity index (χ3v) is 2.07. The van der Waals surface area contributed by atoms with Gasteiger partial charge in [-0.3, -0.25) is 0 Å². The largest absolute Gasteiger partial charge is 0.508 e. The number of anilines is 1. The Kier molecular flexibility index (Phi) is 2.37. The van der Waals surface area contributed by atoms with Gasteiger partial charge in [-0.25, -0.2) is 4.79 Å². The second kappa shape index (κ2) is 3.68. The van der Waals surface area contributed by atoms with Crippen LogP contribution in [-0.2, 0) is 0 Å². The maximum absolute atomic E-state index is 11.3. The number of hydrogen-bond donors (Lipinski definition) is 4. The molecule has 0 saturated heterocycles. The molecule has 0 aromatic heterocycles. The summed E-state index contributed by atoms with van der Waals surface area (Å²) >= 11 is 0. The quantitative estimate of drug-likeness (QED) is 0.592. The van der Waals surface area contributed by atoms with E-state index >= 15 is 0 Å². The number of rotatable bonds is 2. The van der Waals surface area contributed by atoms with Crippen molar-refractivity contribution in [1.29, 1.82) is 0 Å². The first kappa shape index (κ1) is 9.64. The van der Waals surface area contributed by atoms with E-state index in [9.17, 15) is 4.79 Å². The van der Waals surface area contributed by atoms with Crippen LogP contribution < -0.4 is 10.6 Å². The van der Waals surface area contributed by atoms with Gasteiger partial charge in [0.05, 0.1) is 0 Å². The molecule has 0 radical (unpaired) electrons. The molecule has 2 rings (SSSR count). The number of urea groups is 1. The average molecular weight is 208 g/mol. The molecule has 80 valence electrons. The first-order valence-corrected chi connectivity index (χ1v) is 4.74. The number of amides is 2. The van der Waals surface area contributed by atoms with E-state index in [1.165, 1.54) is 18.2 Å². The van der Waals surface area contributed by atoms with Gasteiger partial charge in [0.15, 0.2) is 0 Å². The van der Waals surface area contributed by atoms with Crippen LogP contribution in [0.25, 0.3) is 0 Å². The van der Waals surface area contributed by atoms with Gasteiger partial charge < -0.3 is 20.8 Å². The molecule has 1 aromatic rings. The molecule has 0 aliphatic heterocycles. The Bertz CT molecular complexity index is 368. The second-order valence-electron chi connectivity index (χ2n) is 3.61. The van der Waals surface area contributed by atoms with Crippen molar-refractivity contribution >= 4 is 11.7 Å². The van der Waals surface area contributed by atoms with E-state index in [1.807, 2.05) is 0 Å². The van der Waals surface area contributed by atoms with Crippen LogP contribution in [0.4, 0.5) is 10.5 Å². The van der Waals surface area contributed by atoms with Gasteiger partial charge in [0.25, 0.3) is 0 Å². The summed E-state index contributed by atoms with van der Waals surface area (Å²) in [5.74, 6) is -0.173. The van der Waals surface area contributed by atoms with E-state index in [1.54, 1.807) is 0 Å². The van der Waals surface area contributed by atoms with Crippen molar-refractivity contribution in [3.8, 4) is 11.5 Å². The Balaban J connectivity index is 1.99. The summed E-state index contributed by atoms with van der Waals surface area (Å²) in [6.45, 7) is 0. The Morgan fingerprint density at radius 1 is 1.20 bits per heavy atom. The molecule has 1 saturated carbocycles. The van der Waals surface area contributed by atoms with Gasteiger partial charge in [-0.15, -0.1) is 0 Å². The minimum absolute atomic E-state index is 0.0864. The average Bonchev–Trinajstić information content (AvgIpc) is 2.85. The maximum Gasteiger partial charge on any atom is 0.319 e. The molecule has 5 heteroatoms. The van der Waals surface area contributed by atoms with E-state index in [4.69, 9.17) is 10.2 Å². The monoisotopic (exact) mass is 208 g/mol. The van der Waals surface area contributed by atoms with Gasteiger partial charge in [0.1, 0.15) is 11.5 Å². The minimum atomic E-state index is -0.317. The zero-order valence-electron chi connectivity index (χ0n) is 8.03. The van der Waals surface area contributed by atoms with Crippen LogP contribution in [0.15, 0.2) is 18.2 Å². The molecule has 4 N–H and O–H groups in total. The number of nitrogens with one attached hydrogen (secondary N) is 2. The Labute approximate surface area is 86.7 Å². The van der Waals surface area contributed by atoms with Gasteiger partial charge in [-0.1, -0.05) is 0 Å². The summed E-state index contributed by atoms with van der Waals surface area (Å²) in [5, 5.41) is 23.6. The SMILES string of the molecule is O=C(Nc1cc(O)cc(O)c1)NC1CC1. The summed E-state index contributed by atoms with van der Waals surface area (Å²) in [4.78, 5) is 11.3. The summed E-state index contributed by atoms with van der Waals surface area (Å²) < 4.78 is 0. The molecule has 15 heavy (non-hydrogen) atoms. The topological polar surface area (TPSA) is 81.6 Å². The molecule has 1 aliphatic carbocycles. The zero-order valence-corrected chi connectivity index (χ0v) is 8.03. The Morgan fingerprint density at radius 3 is 2.33 bits per heavy atom. The van der Waals surface area contributed by atoms with Gasteiger partial charge >= 0.3 is 6.03 Å². The lowest BCUT2D eigenvalue weighted by atomic mass is 10.3. The summed E-state index contributed by atoms with van der Waals surface area (Å²) in [6.07, 6.45) is 2.03. The highest BCUT2D eigenvalue weighted by atomic mass is 16.3. The van der Waals surface area contributed by atoms with Crippen molar-refractivity contribution in [2.45, 2.75) is 18.9 Å². The lowest BCUT2D eigenvalue weighted by molar-refractivity contribution is 0.251. The molecule has 0 unspecified atom stereocenters. The van der Waals surface area contributed by atoms with Gasteiger partial charge in [0, 0.05) is 29.9 Å². The predicted molar refractivity (Wildman–Crippen MR) is 54.9 cm³/mol. The number of hydrogen-bond acceptors (Lipinski definition) is 3. The summed E-state index contributed by atoms with van der Waals surface area (Å²) in [6, 6.07) is 3.89. The molecule has 1 aromatic carbocycles. The first-order chi connectivity index (χ1) is 7.13. The zero-order chi connectivity index (χ0) is 10.8. The number of carbonyl (C=O) groups excluding carboxylic acids is 1. The molecule has 5 nitrogen and oxygen atoms in total. The molecular formula is C10H12N2O3. The number of benzene rings is 1. The smallest absolute Gasteiger partial charge is 0.319 e. The van der Waals surface area contributed by atoms with E-state index in [0.717, 1.165) is 12.8 Å². The van der Waals surface area contributed by atoms with E-state index in [-0.39, 0.29) is 23.6 Å². The molecule has 0 atom stereocenters. The summed E-state index contributed by atoms with van der Waals surface area (Å²) in [7, 11) is 0. The van der Waals surface area contributed by atoms with Crippen LogP contribution in [0.2, 0.25) is 0 Å². The van der Waals surface area contributed by atoms with Gasteiger partial charge in [-0.05, 0) is 12.8 Å². The molecule has 2 amide bonds. The normalized spacial score (nSPS) is 14.7. The first-order valence-electron chi connectivity index (χ1n) is 4.74. The van der Waals surface area contributed by atoms with Crippen LogP contribution in [0.1, 0.15) is 12.8 Å². The van der Waals surface area contributed by atoms with Crippen LogP contribution in [0.5, 0.6) is 11.5 Å². The lowest BCUT2D eigenvalue weighted by Crippen LogP contribution is -2.30. The maximum atomic E-state index is 11.3. The molecule has 1 fully saturated rings. The fourth-order valence-corrected chi connectivity index (χ4v) is 1.25. The van der Waals surface area contributed by atoms with Crippen LogP contribution >= 0.6 is 0 Å². The van der Waals surface area contributed by atoms with Crippen molar-refractivity contribution < 1.29 is 15.0 Å². The highest BCUT2D eigenvalue weighted by Crippen LogP contribution is 2.24. The standard InChI is InChI=1S/C10H12N2O3/c13-8-3-7(4-9(14)5-8)12-10(15)11-6-1-2-6/h3-6,13-14H,1-2H2,(H2,11,12,15). The van der Waals surface area contributed by atoms with Crippen molar-refractivity contribution in [1.82, 2.24) is 5.32 Å². The number of phenolic OH excluding ortho intramolecular Hbond substituents is 2. The van der Waals surface area contributed by atoms with Crippen molar-refractivity contribution in [3.63, 3.8) is 0 Å². The third-order valence-electron chi connectivity index (χ3n) is 2.07. The highest BCUT2D eigenvalue weighted by Gasteiger charge is 2.23. The van der Waals surface area contributed by atoms with Gasteiger partial charge in [0.2, 0.25) is 0 Å². The predicted octanol–water partition coefficient (Wildman–Crippen LogP) is 1.38. The van der Waals surface area contributed by atoms with Crippen LogP contribution in [0, 0.1) is 0 Å². The van der Waals surface area contributed by atoms with E-state index in [0.29, 0.717) is 5.69 Å². The number of aromatic hydroxyl groups is 2. The fourth-order valence-electron chi connectivity index (χ4n) is 1.25. The minimum Gasteiger partial charge on any atom is -0.508 e. The Morgan fingerprint density at radius 2 is 1.80 bits per heavy atom. The van der Waals surface area contributed by atoms with Crippen LogP contribution in [-0.4, -0.2) is 22.3 Å². The molecule has 0 spiro atoms. The van der Waals surface area contributed by atoms with Crippen molar-refractivity contribution in [3.05, 3.63) is 18.2 Å². The molecular weight excluding hydrogens is 196 g/mol. The highest BCUT2D eigenvalue weighted by molar-refractivity contribution is 5.90. The van der Waals surface area contributed by atoms with Crippen LogP contribution in [0.3, 0.4) is 0 Å². The molecule has 0 bridgehead atoms. The molecule has 1 aliphatic rings. The fraction of sp³-hybridized carbons (Fsp3) is 0.300. The third kappa shape index (κ3) is 2.77. The lowest BCUT2D eigenvalue weighted by Gasteiger charge is -2.07. The van der Waals surface area contributed by atoms with Gasteiger partial charge in [-0.2, -0.15) is 0 Å². The van der Waals surface area contributed by atoms with Crippen molar-refractivity contribution in [2.24, 2.45) is 0 Å². The van der Waals surface area contributed by atoms with Crippen molar-refractivity contribution in [2.75, 3.05) is 5.32 Å². The summed E-state index contributed by atoms with van der Waals surface area (Å²) in [5.41, 5.74) is 0.366. The molecule has 0 heterocycles. The number of phenols is 2. The number of carbonyl (C=O) groups is 1.